The third-order valence-electron chi connectivity index (χ3n) is 1.73. The predicted molar refractivity (Wildman–Crippen MR) is 58.1 cm³/mol. The topological polar surface area (TPSA) is 72.5 Å². The van der Waals surface area contributed by atoms with Crippen molar-refractivity contribution in [1.29, 1.82) is 0 Å². The molecule has 0 saturated carbocycles. The summed E-state index contributed by atoms with van der Waals surface area (Å²) in [5.74, 6) is -0.531. The molecule has 0 aromatic heterocycles. The summed E-state index contributed by atoms with van der Waals surface area (Å²) in [5, 5.41) is 8.71. The van der Waals surface area contributed by atoms with Crippen LogP contribution in [0.3, 0.4) is 0 Å². The Labute approximate surface area is 88.0 Å². The van der Waals surface area contributed by atoms with Gasteiger partial charge in [0.2, 0.25) is 0 Å². The summed E-state index contributed by atoms with van der Waals surface area (Å²) in [5.41, 5.74) is 6.96. The van der Waals surface area contributed by atoms with Gasteiger partial charge in [-0.2, -0.15) is 0 Å². The maximum atomic E-state index is 10.6. The molecule has 80 valence electrons. The van der Waals surface area contributed by atoms with Gasteiger partial charge in [0.25, 0.3) is 0 Å². The quantitative estimate of drug-likeness (QED) is 0.584. The van der Waals surface area contributed by atoms with E-state index in [9.17, 15) is 4.79 Å². The molecule has 0 spiro atoms. The van der Waals surface area contributed by atoms with Gasteiger partial charge in [-0.1, -0.05) is 6.58 Å². The molecule has 0 aliphatic heterocycles. The first-order chi connectivity index (χ1) is 7.00. The number of benzene rings is 1. The molecule has 0 atom stereocenters. The van der Waals surface area contributed by atoms with E-state index in [0.717, 1.165) is 5.57 Å². The molecule has 0 aliphatic rings. The molecule has 0 radical (unpaired) electrons. The molecule has 1 aromatic carbocycles. The van der Waals surface area contributed by atoms with Crippen LogP contribution < -0.4 is 10.5 Å². The predicted octanol–water partition coefficient (Wildman–Crippen LogP) is 1.92. The number of hydrogen-bond donors (Lipinski definition) is 2. The lowest BCUT2D eigenvalue weighted by atomic mass is 10.2. The maximum Gasteiger partial charge on any atom is 0.335 e. The zero-order chi connectivity index (χ0) is 11.4. The van der Waals surface area contributed by atoms with Gasteiger partial charge in [0.1, 0.15) is 12.4 Å². The number of aromatic carboxylic acids is 1. The molecule has 0 aliphatic carbocycles. The number of carboxylic acid groups (broad SMARTS) is 1. The van der Waals surface area contributed by atoms with Gasteiger partial charge in [-0.05, 0) is 30.7 Å². The number of ether oxygens (including phenoxy) is 1. The average molecular weight is 207 g/mol. The fourth-order valence-corrected chi connectivity index (χ4v) is 1.01. The molecule has 1 aromatic rings. The van der Waals surface area contributed by atoms with Crippen molar-refractivity contribution in [2.75, 3.05) is 12.3 Å². The van der Waals surface area contributed by atoms with Crippen LogP contribution in [0.25, 0.3) is 0 Å². The first-order valence-corrected chi connectivity index (χ1v) is 4.40. The van der Waals surface area contributed by atoms with E-state index in [1.165, 1.54) is 12.1 Å². The van der Waals surface area contributed by atoms with E-state index < -0.39 is 5.97 Å². The Kier molecular flexibility index (Phi) is 3.33. The summed E-state index contributed by atoms with van der Waals surface area (Å²) in [6.07, 6.45) is 0. The highest BCUT2D eigenvalue weighted by Gasteiger charge is 2.06. The molecule has 4 heteroatoms. The van der Waals surface area contributed by atoms with Crippen LogP contribution in [0.5, 0.6) is 5.75 Å². The molecule has 1 rings (SSSR count). The Balaban J connectivity index is 2.83. The SMILES string of the molecule is C=C(C)COc1ccc(C(=O)O)cc1N. The van der Waals surface area contributed by atoms with Crippen molar-refractivity contribution in [3.05, 3.63) is 35.9 Å². The summed E-state index contributed by atoms with van der Waals surface area (Å²) in [6.45, 7) is 5.89. The highest BCUT2D eigenvalue weighted by atomic mass is 16.5. The van der Waals surface area contributed by atoms with Crippen molar-refractivity contribution in [2.24, 2.45) is 0 Å². The van der Waals surface area contributed by atoms with Crippen LogP contribution in [0.1, 0.15) is 17.3 Å². The van der Waals surface area contributed by atoms with Crippen molar-refractivity contribution in [2.45, 2.75) is 6.92 Å². The van der Waals surface area contributed by atoms with Crippen molar-refractivity contribution >= 4 is 11.7 Å². The minimum atomic E-state index is -1.01. The van der Waals surface area contributed by atoms with Gasteiger partial charge in [-0.15, -0.1) is 0 Å². The minimum Gasteiger partial charge on any atom is -0.487 e. The first kappa shape index (κ1) is 11.1. The Morgan fingerprint density at radius 3 is 2.73 bits per heavy atom. The number of nitrogens with two attached hydrogens (primary N) is 1. The summed E-state index contributed by atoms with van der Waals surface area (Å²) in [7, 11) is 0. The Bertz CT molecular complexity index is 399. The van der Waals surface area contributed by atoms with Crippen molar-refractivity contribution in [3.63, 3.8) is 0 Å². The normalized spacial score (nSPS) is 9.67. The standard InChI is InChI=1S/C11H13NO3/c1-7(2)6-15-10-4-3-8(11(13)14)5-9(10)12/h3-5H,1,6,12H2,2H3,(H,13,14). The fraction of sp³-hybridized carbons (Fsp3) is 0.182. The smallest absolute Gasteiger partial charge is 0.335 e. The van der Waals surface area contributed by atoms with Crippen LogP contribution in [-0.4, -0.2) is 17.7 Å². The van der Waals surface area contributed by atoms with Gasteiger partial charge in [-0.25, -0.2) is 4.79 Å². The molecular weight excluding hydrogens is 194 g/mol. The number of hydrogen-bond acceptors (Lipinski definition) is 3. The molecular formula is C11H13NO3. The van der Waals surface area contributed by atoms with E-state index in [-0.39, 0.29) is 5.56 Å². The number of carboxylic acids is 1. The molecule has 0 fully saturated rings. The van der Waals surface area contributed by atoms with Gasteiger partial charge in [-0.3, -0.25) is 0 Å². The van der Waals surface area contributed by atoms with Crippen LogP contribution in [-0.2, 0) is 0 Å². The minimum absolute atomic E-state index is 0.148. The van der Waals surface area contributed by atoms with E-state index >= 15 is 0 Å². The monoisotopic (exact) mass is 207 g/mol. The van der Waals surface area contributed by atoms with E-state index in [0.29, 0.717) is 18.0 Å². The highest BCUT2D eigenvalue weighted by Crippen LogP contribution is 2.22. The van der Waals surface area contributed by atoms with Gasteiger partial charge in [0.15, 0.2) is 0 Å². The fourth-order valence-electron chi connectivity index (χ4n) is 1.01. The van der Waals surface area contributed by atoms with Gasteiger partial charge < -0.3 is 15.6 Å². The summed E-state index contributed by atoms with van der Waals surface area (Å²) < 4.78 is 5.32. The summed E-state index contributed by atoms with van der Waals surface area (Å²) in [4.78, 5) is 10.6. The molecule has 3 N–H and O–H groups in total. The van der Waals surface area contributed by atoms with Crippen LogP contribution in [0.4, 0.5) is 5.69 Å². The van der Waals surface area contributed by atoms with E-state index in [4.69, 9.17) is 15.6 Å². The number of anilines is 1. The number of carbonyl (C=O) groups is 1. The molecule has 0 saturated heterocycles. The molecule has 15 heavy (non-hydrogen) atoms. The van der Waals surface area contributed by atoms with E-state index in [2.05, 4.69) is 6.58 Å². The number of nitrogen functional groups attached to an aromatic ring is 1. The Hall–Kier alpha value is -1.97. The van der Waals surface area contributed by atoms with Gasteiger partial charge in [0, 0.05) is 0 Å². The third kappa shape index (κ3) is 3.02. The molecule has 0 amide bonds. The lowest BCUT2D eigenvalue weighted by Crippen LogP contribution is -2.03. The number of rotatable bonds is 4. The van der Waals surface area contributed by atoms with Crippen LogP contribution in [0, 0.1) is 0 Å². The molecule has 4 nitrogen and oxygen atoms in total. The van der Waals surface area contributed by atoms with Gasteiger partial charge >= 0.3 is 5.97 Å². The van der Waals surface area contributed by atoms with E-state index in [1.54, 1.807) is 6.07 Å². The molecule has 0 unspecified atom stereocenters. The van der Waals surface area contributed by atoms with Crippen molar-refractivity contribution in [3.8, 4) is 5.75 Å². The summed E-state index contributed by atoms with van der Waals surface area (Å²) in [6, 6.07) is 4.37. The molecule has 0 heterocycles. The third-order valence-corrected chi connectivity index (χ3v) is 1.73. The largest absolute Gasteiger partial charge is 0.487 e. The van der Waals surface area contributed by atoms with Crippen molar-refractivity contribution in [1.82, 2.24) is 0 Å². The van der Waals surface area contributed by atoms with Gasteiger partial charge in [0.05, 0.1) is 11.3 Å². The second-order valence-electron chi connectivity index (χ2n) is 3.30. The second-order valence-corrected chi connectivity index (χ2v) is 3.30. The lowest BCUT2D eigenvalue weighted by molar-refractivity contribution is 0.0697. The second kappa shape index (κ2) is 4.50. The van der Waals surface area contributed by atoms with Crippen LogP contribution >= 0.6 is 0 Å². The first-order valence-electron chi connectivity index (χ1n) is 4.40. The molecule has 0 bridgehead atoms. The summed E-state index contributed by atoms with van der Waals surface area (Å²) >= 11 is 0. The Morgan fingerprint density at radius 1 is 1.60 bits per heavy atom. The lowest BCUT2D eigenvalue weighted by Gasteiger charge is -2.08. The average Bonchev–Trinajstić information content (AvgIpc) is 2.15. The highest BCUT2D eigenvalue weighted by molar-refractivity contribution is 5.89. The van der Waals surface area contributed by atoms with Crippen LogP contribution in [0.2, 0.25) is 0 Å². The zero-order valence-electron chi connectivity index (χ0n) is 8.49. The Morgan fingerprint density at radius 2 is 2.27 bits per heavy atom. The zero-order valence-corrected chi connectivity index (χ0v) is 8.49. The maximum absolute atomic E-state index is 10.6. The van der Waals surface area contributed by atoms with Crippen LogP contribution in [0.15, 0.2) is 30.4 Å². The van der Waals surface area contributed by atoms with Crippen molar-refractivity contribution < 1.29 is 14.6 Å². The van der Waals surface area contributed by atoms with E-state index in [1.807, 2.05) is 6.92 Å².